The van der Waals surface area contributed by atoms with Crippen LogP contribution in [0.2, 0.25) is 0 Å². The highest BCUT2D eigenvalue weighted by atomic mass is 16.5. The second kappa shape index (κ2) is 7.12. The lowest BCUT2D eigenvalue weighted by atomic mass is 10.2. The first kappa shape index (κ1) is 16.5. The summed E-state index contributed by atoms with van der Waals surface area (Å²) >= 11 is 0. The number of para-hydroxylation sites is 1. The molecule has 26 heavy (non-hydrogen) atoms. The van der Waals surface area contributed by atoms with E-state index in [9.17, 15) is 4.79 Å². The van der Waals surface area contributed by atoms with Crippen molar-refractivity contribution in [3.05, 3.63) is 60.8 Å². The van der Waals surface area contributed by atoms with Gasteiger partial charge in [-0.15, -0.1) is 0 Å². The molecule has 2 heterocycles. The number of nitrogens with zero attached hydrogens (tertiary/aromatic N) is 3. The number of fused-ring (bicyclic) bond motifs is 1. The molecule has 1 aliphatic rings. The average molecular weight is 349 g/mol. The van der Waals surface area contributed by atoms with Crippen LogP contribution in [0.1, 0.15) is 0 Å². The van der Waals surface area contributed by atoms with Crippen LogP contribution in [-0.4, -0.2) is 48.7 Å². The van der Waals surface area contributed by atoms with Crippen molar-refractivity contribution in [2.45, 2.75) is 6.54 Å². The van der Waals surface area contributed by atoms with Crippen molar-refractivity contribution >= 4 is 22.5 Å². The zero-order valence-corrected chi connectivity index (χ0v) is 15.0. The molecule has 0 bridgehead atoms. The summed E-state index contributed by atoms with van der Waals surface area (Å²) in [4.78, 5) is 17.0. The number of carbonyl (C=O) groups is 1. The number of ether oxygens (including phenoxy) is 1. The van der Waals surface area contributed by atoms with Gasteiger partial charge in [0.15, 0.2) is 0 Å². The smallest absolute Gasteiger partial charge is 0.242 e. The fourth-order valence-corrected chi connectivity index (χ4v) is 3.55. The summed E-state index contributed by atoms with van der Waals surface area (Å²) in [5.41, 5.74) is 2.25. The van der Waals surface area contributed by atoms with Gasteiger partial charge < -0.3 is 19.1 Å². The highest BCUT2D eigenvalue weighted by Gasteiger charge is 2.22. The van der Waals surface area contributed by atoms with Crippen LogP contribution in [0.5, 0.6) is 5.75 Å². The van der Waals surface area contributed by atoms with Gasteiger partial charge in [-0.3, -0.25) is 4.79 Å². The third-order valence-corrected chi connectivity index (χ3v) is 5.04. The maximum Gasteiger partial charge on any atom is 0.242 e. The van der Waals surface area contributed by atoms with Crippen molar-refractivity contribution in [3.63, 3.8) is 0 Å². The lowest BCUT2D eigenvalue weighted by Gasteiger charge is -2.36. The number of benzene rings is 2. The van der Waals surface area contributed by atoms with Gasteiger partial charge in [-0.2, -0.15) is 0 Å². The predicted molar refractivity (Wildman–Crippen MR) is 104 cm³/mol. The summed E-state index contributed by atoms with van der Waals surface area (Å²) in [6, 6.07) is 18.3. The molecule has 1 saturated heterocycles. The van der Waals surface area contributed by atoms with Gasteiger partial charge in [0.25, 0.3) is 0 Å². The van der Waals surface area contributed by atoms with Gasteiger partial charge in [-0.25, -0.2) is 0 Å². The Morgan fingerprint density at radius 3 is 2.62 bits per heavy atom. The number of hydrogen-bond acceptors (Lipinski definition) is 3. The Balaban J connectivity index is 1.39. The SMILES string of the molecule is COc1cccc(N2CCN(C(=O)Cn3ccc4ccccc43)CC2)c1. The van der Waals surface area contributed by atoms with Gasteiger partial charge in [0.2, 0.25) is 5.91 Å². The molecular weight excluding hydrogens is 326 g/mol. The molecule has 1 amide bonds. The Morgan fingerprint density at radius 1 is 1.00 bits per heavy atom. The Labute approximate surface area is 153 Å². The van der Waals surface area contributed by atoms with E-state index in [0.717, 1.165) is 43.1 Å². The summed E-state index contributed by atoms with van der Waals surface area (Å²) in [6.45, 7) is 3.56. The van der Waals surface area contributed by atoms with E-state index in [-0.39, 0.29) is 5.91 Å². The largest absolute Gasteiger partial charge is 0.497 e. The van der Waals surface area contributed by atoms with Gasteiger partial charge in [0, 0.05) is 49.6 Å². The molecule has 5 heteroatoms. The van der Waals surface area contributed by atoms with Crippen molar-refractivity contribution in [1.82, 2.24) is 9.47 Å². The zero-order valence-electron chi connectivity index (χ0n) is 15.0. The summed E-state index contributed by atoms with van der Waals surface area (Å²) in [7, 11) is 1.68. The minimum Gasteiger partial charge on any atom is -0.497 e. The van der Waals surface area contributed by atoms with Gasteiger partial charge in [0.05, 0.1) is 7.11 Å². The van der Waals surface area contributed by atoms with E-state index in [2.05, 4.69) is 29.2 Å². The number of methoxy groups -OCH3 is 1. The van der Waals surface area contributed by atoms with Gasteiger partial charge >= 0.3 is 0 Å². The summed E-state index contributed by atoms with van der Waals surface area (Å²) in [5.74, 6) is 1.04. The second-order valence-electron chi connectivity index (χ2n) is 6.57. The second-order valence-corrected chi connectivity index (χ2v) is 6.57. The number of amides is 1. The van der Waals surface area contributed by atoms with Crippen molar-refractivity contribution in [3.8, 4) is 5.75 Å². The van der Waals surface area contributed by atoms with Crippen LogP contribution in [0, 0.1) is 0 Å². The standard InChI is InChI=1S/C21H23N3O2/c1-26-19-7-4-6-18(15-19)22-11-13-23(14-12-22)21(25)16-24-10-9-17-5-2-3-8-20(17)24/h2-10,15H,11-14,16H2,1H3. The minimum absolute atomic E-state index is 0.177. The maximum absolute atomic E-state index is 12.7. The molecule has 0 aliphatic carbocycles. The normalized spacial score (nSPS) is 14.7. The van der Waals surface area contributed by atoms with Crippen LogP contribution < -0.4 is 9.64 Å². The van der Waals surface area contributed by atoms with Crippen molar-refractivity contribution < 1.29 is 9.53 Å². The number of rotatable bonds is 4. The van der Waals surface area contributed by atoms with Crippen LogP contribution >= 0.6 is 0 Å². The molecule has 0 radical (unpaired) electrons. The molecule has 0 atom stereocenters. The summed E-state index contributed by atoms with van der Waals surface area (Å²) < 4.78 is 7.34. The van der Waals surface area contributed by atoms with Crippen molar-refractivity contribution in [1.29, 1.82) is 0 Å². The molecule has 134 valence electrons. The average Bonchev–Trinajstić information content (AvgIpc) is 3.11. The highest BCUT2D eigenvalue weighted by Crippen LogP contribution is 2.22. The molecule has 4 rings (SSSR count). The van der Waals surface area contributed by atoms with Gasteiger partial charge in [-0.05, 0) is 29.7 Å². The fourth-order valence-electron chi connectivity index (χ4n) is 3.55. The number of carbonyl (C=O) groups excluding carboxylic acids is 1. The molecule has 1 aromatic heterocycles. The lowest BCUT2D eigenvalue weighted by Crippen LogP contribution is -2.49. The number of hydrogen-bond donors (Lipinski definition) is 0. The Hall–Kier alpha value is -2.95. The topological polar surface area (TPSA) is 37.7 Å². The number of aromatic nitrogens is 1. The van der Waals surface area contributed by atoms with E-state index in [0.29, 0.717) is 6.54 Å². The quantitative estimate of drug-likeness (QED) is 0.727. The van der Waals surface area contributed by atoms with Crippen molar-refractivity contribution in [2.24, 2.45) is 0 Å². The third-order valence-electron chi connectivity index (χ3n) is 5.04. The molecule has 3 aromatic rings. The molecule has 0 unspecified atom stereocenters. The van der Waals surface area contributed by atoms with Crippen LogP contribution in [0.3, 0.4) is 0 Å². The Bertz CT molecular complexity index is 910. The van der Waals surface area contributed by atoms with Crippen LogP contribution in [0.15, 0.2) is 60.8 Å². The van der Waals surface area contributed by atoms with E-state index >= 15 is 0 Å². The zero-order chi connectivity index (χ0) is 17.9. The predicted octanol–water partition coefficient (Wildman–Crippen LogP) is 3.00. The molecular formula is C21H23N3O2. The Morgan fingerprint density at radius 2 is 1.81 bits per heavy atom. The molecule has 0 spiro atoms. The van der Waals surface area contributed by atoms with E-state index in [4.69, 9.17) is 4.74 Å². The third kappa shape index (κ3) is 3.25. The van der Waals surface area contributed by atoms with Gasteiger partial charge in [0.1, 0.15) is 12.3 Å². The minimum atomic E-state index is 0.177. The van der Waals surface area contributed by atoms with E-state index in [1.165, 1.54) is 5.39 Å². The van der Waals surface area contributed by atoms with Crippen LogP contribution in [0.4, 0.5) is 5.69 Å². The van der Waals surface area contributed by atoms with Crippen molar-refractivity contribution in [2.75, 3.05) is 38.2 Å². The summed E-state index contributed by atoms with van der Waals surface area (Å²) in [5, 5.41) is 1.17. The molecule has 1 aliphatic heterocycles. The number of piperazine rings is 1. The van der Waals surface area contributed by atoms with Crippen LogP contribution in [-0.2, 0) is 11.3 Å². The molecule has 0 saturated carbocycles. The molecule has 1 fully saturated rings. The van der Waals surface area contributed by atoms with Crippen LogP contribution in [0.25, 0.3) is 10.9 Å². The first-order chi connectivity index (χ1) is 12.7. The maximum atomic E-state index is 12.7. The van der Waals surface area contributed by atoms with Gasteiger partial charge in [-0.1, -0.05) is 24.3 Å². The molecule has 5 nitrogen and oxygen atoms in total. The van der Waals surface area contributed by atoms with E-state index < -0.39 is 0 Å². The lowest BCUT2D eigenvalue weighted by molar-refractivity contribution is -0.132. The molecule has 0 N–H and O–H groups in total. The highest BCUT2D eigenvalue weighted by molar-refractivity contribution is 5.83. The van der Waals surface area contributed by atoms with E-state index in [1.807, 2.05) is 46.0 Å². The monoisotopic (exact) mass is 349 g/mol. The first-order valence-electron chi connectivity index (χ1n) is 8.95. The number of anilines is 1. The summed E-state index contributed by atoms with van der Waals surface area (Å²) in [6.07, 6.45) is 2.00. The van der Waals surface area contributed by atoms with E-state index in [1.54, 1.807) is 7.11 Å². The Kier molecular flexibility index (Phi) is 4.52. The first-order valence-corrected chi connectivity index (χ1v) is 8.95. The molecule has 2 aromatic carbocycles. The fraction of sp³-hybridized carbons (Fsp3) is 0.286.